The van der Waals surface area contributed by atoms with Crippen LogP contribution in [0.2, 0.25) is 0 Å². The Morgan fingerprint density at radius 2 is 1.93 bits per heavy atom. The van der Waals surface area contributed by atoms with Gasteiger partial charge in [-0.3, -0.25) is 9.69 Å². The number of hydrogen-bond donors (Lipinski definition) is 1. The number of carbonyl (C=O) groups excluding carboxylic acids is 1. The van der Waals surface area contributed by atoms with E-state index in [4.69, 9.17) is 0 Å². The number of benzene rings is 1. The molecule has 1 aliphatic rings. The van der Waals surface area contributed by atoms with Gasteiger partial charge in [0.25, 0.3) is 5.91 Å². The molecule has 146 valence electrons. The second-order valence-corrected chi connectivity index (χ2v) is 7.67. The molecular formula is C21H29FN4O. The lowest BCUT2D eigenvalue weighted by molar-refractivity contribution is 0.0933. The molecule has 27 heavy (non-hydrogen) atoms. The molecule has 0 radical (unpaired) electrons. The molecule has 0 unspecified atom stereocenters. The maximum Gasteiger partial charge on any atom is 0.272 e. The summed E-state index contributed by atoms with van der Waals surface area (Å²) in [7, 11) is 0. The molecule has 2 aromatic rings. The van der Waals surface area contributed by atoms with Crippen LogP contribution in [0.15, 0.2) is 24.3 Å². The highest BCUT2D eigenvalue weighted by atomic mass is 19.1. The van der Waals surface area contributed by atoms with Crippen LogP contribution in [-0.4, -0.2) is 45.8 Å². The van der Waals surface area contributed by atoms with Crippen molar-refractivity contribution in [2.24, 2.45) is 0 Å². The highest BCUT2D eigenvalue weighted by molar-refractivity contribution is 5.94. The van der Waals surface area contributed by atoms with Gasteiger partial charge < -0.3 is 5.32 Å². The van der Waals surface area contributed by atoms with Crippen molar-refractivity contribution < 1.29 is 9.18 Å². The number of hydrogen-bond acceptors (Lipinski definition) is 3. The van der Waals surface area contributed by atoms with E-state index in [0.717, 1.165) is 37.1 Å². The van der Waals surface area contributed by atoms with Crippen LogP contribution in [0.1, 0.15) is 55.9 Å². The molecule has 0 saturated heterocycles. The maximum atomic E-state index is 14.2. The fraction of sp³-hybridized carbons (Fsp3) is 0.524. The first-order chi connectivity index (χ1) is 12.9. The summed E-state index contributed by atoms with van der Waals surface area (Å²) in [6, 6.07) is 7.41. The van der Waals surface area contributed by atoms with Crippen molar-refractivity contribution in [1.82, 2.24) is 20.0 Å². The van der Waals surface area contributed by atoms with E-state index in [0.29, 0.717) is 30.0 Å². The van der Waals surface area contributed by atoms with Crippen molar-refractivity contribution in [3.63, 3.8) is 0 Å². The average Bonchev–Trinajstić information content (AvgIpc) is 3.21. The van der Waals surface area contributed by atoms with Gasteiger partial charge in [0.1, 0.15) is 11.5 Å². The Hall–Kier alpha value is -2.21. The minimum atomic E-state index is -0.328. The largest absolute Gasteiger partial charge is 0.349 e. The summed E-state index contributed by atoms with van der Waals surface area (Å²) in [5.74, 6) is -0.498. The molecule has 0 saturated carbocycles. The predicted octanol–water partition coefficient (Wildman–Crippen LogP) is 3.35. The van der Waals surface area contributed by atoms with Crippen LogP contribution in [0, 0.1) is 5.82 Å². The minimum absolute atomic E-state index is 0.171. The fourth-order valence-electron chi connectivity index (χ4n) is 3.94. The SMILES string of the molecule is CC(C)N(CCNC(=O)c1nn(-c2ccccc2F)c2c1CCC2)C(C)C. The van der Waals surface area contributed by atoms with Gasteiger partial charge in [-0.15, -0.1) is 0 Å². The molecular weight excluding hydrogens is 343 g/mol. The number of nitrogens with one attached hydrogen (secondary N) is 1. The fourth-order valence-corrected chi connectivity index (χ4v) is 3.94. The van der Waals surface area contributed by atoms with Gasteiger partial charge in [0.2, 0.25) is 0 Å². The summed E-state index contributed by atoms with van der Waals surface area (Å²) in [5, 5.41) is 7.48. The summed E-state index contributed by atoms with van der Waals surface area (Å²) in [6.45, 7) is 9.99. The Morgan fingerprint density at radius 1 is 1.22 bits per heavy atom. The normalized spacial score (nSPS) is 13.6. The number of para-hydroxylation sites is 1. The monoisotopic (exact) mass is 372 g/mol. The summed E-state index contributed by atoms with van der Waals surface area (Å²) >= 11 is 0. The molecule has 1 aromatic carbocycles. The van der Waals surface area contributed by atoms with Gasteiger partial charge in [0.15, 0.2) is 5.69 Å². The molecule has 5 nitrogen and oxygen atoms in total. The van der Waals surface area contributed by atoms with E-state index in [1.54, 1.807) is 22.9 Å². The van der Waals surface area contributed by atoms with Crippen LogP contribution in [0.25, 0.3) is 5.69 Å². The van der Waals surface area contributed by atoms with Gasteiger partial charge in [0.05, 0.1) is 0 Å². The van der Waals surface area contributed by atoms with Crippen molar-refractivity contribution in [2.45, 2.75) is 59.0 Å². The van der Waals surface area contributed by atoms with E-state index < -0.39 is 0 Å². The van der Waals surface area contributed by atoms with Crippen molar-refractivity contribution in [3.05, 3.63) is 47.0 Å². The van der Waals surface area contributed by atoms with E-state index in [2.05, 4.69) is 43.0 Å². The Labute approximate surface area is 160 Å². The first kappa shape index (κ1) is 19.5. The maximum absolute atomic E-state index is 14.2. The predicted molar refractivity (Wildman–Crippen MR) is 105 cm³/mol. The molecule has 1 aliphatic carbocycles. The Bertz CT molecular complexity index is 805. The molecule has 1 aromatic heterocycles. The van der Waals surface area contributed by atoms with Gasteiger partial charge >= 0.3 is 0 Å². The van der Waals surface area contributed by atoms with Gasteiger partial charge in [0, 0.05) is 36.4 Å². The third kappa shape index (κ3) is 4.05. The number of fused-ring (bicyclic) bond motifs is 1. The molecule has 0 fully saturated rings. The minimum Gasteiger partial charge on any atom is -0.349 e. The van der Waals surface area contributed by atoms with E-state index in [9.17, 15) is 9.18 Å². The number of carbonyl (C=O) groups is 1. The smallest absolute Gasteiger partial charge is 0.272 e. The van der Waals surface area contributed by atoms with Crippen LogP contribution in [0.3, 0.4) is 0 Å². The van der Waals surface area contributed by atoms with Crippen molar-refractivity contribution >= 4 is 5.91 Å². The number of amides is 1. The van der Waals surface area contributed by atoms with Crippen LogP contribution < -0.4 is 5.32 Å². The number of rotatable bonds is 7. The van der Waals surface area contributed by atoms with Gasteiger partial charge in [-0.1, -0.05) is 12.1 Å². The molecule has 0 aliphatic heterocycles. The third-order valence-corrected chi connectivity index (χ3v) is 5.21. The molecule has 1 heterocycles. The van der Waals surface area contributed by atoms with Crippen molar-refractivity contribution in [1.29, 1.82) is 0 Å². The lowest BCUT2D eigenvalue weighted by Gasteiger charge is -2.30. The molecule has 0 bridgehead atoms. The Balaban J connectivity index is 1.77. The Morgan fingerprint density at radius 3 is 2.59 bits per heavy atom. The molecule has 1 N–H and O–H groups in total. The quantitative estimate of drug-likeness (QED) is 0.811. The first-order valence-corrected chi connectivity index (χ1v) is 9.79. The molecule has 3 rings (SSSR count). The van der Waals surface area contributed by atoms with Gasteiger partial charge in [-0.05, 0) is 59.1 Å². The average molecular weight is 372 g/mol. The van der Waals surface area contributed by atoms with Gasteiger partial charge in [-0.2, -0.15) is 5.10 Å². The molecule has 1 amide bonds. The summed E-state index contributed by atoms with van der Waals surface area (Å²) in [4.78, 5) is 15.1. The summed E-state index contributed by atoms with van der Waals surface area (Å²) in [5.41, 5.74) is 2.75. The van der Waals surface area contributed by atoms with Crippen LogP contribution in [-0.2, 0) is 12.8 Å². The van der Waals surface area contributed by atoms with E-state index in [-0.39, 0.29) is 11.7 Å². The lowest BCUT2D eigenvalue weighted by Crippen LogP contribution is -2.42. The Kier molecular flexibility index (Phi) is 5.95. The zero-order valence-corrected chi connectivity index (χ0v) is 16.6. The highest BCUT2D eigenvalue weighted by Gasteiger charge is 2.27. The molecule has 0 atom stereocenters. The first-order valence-electron chi connectivity index (χ1n) is 9.79. The zero-order chi connectivity index (χ0) is 19.6. The number of nitrogens with zero attached hydrogens (tertiary/aromatic N) is 3. The summed E-state index contributed by atoms with van der Waals surface area (Å²) in [6.07, 6.45) is 2.60. The second-order valence-electron chi connectivity index (χ2n) is 7.67. The van der Waals surface area contributed by atoms with E-state index in [1.165, 1.54) is 6.07 Å². The van der Waals surface area contributed by atoms with E-state index in [1.807, 2.05) is 0 Å². The van der Waals surface area contributed by atoms with Crippen LogP contribution in [0.5, 0.6) is 0 Å². The van der Waals surface area contributed by atoms with Crippen LogP contribution >= 0.6 is 0 Å². The highest BCUT2D eigenvalue weighted by Crippen LogP contribution is 2.28. The third-order valence-electron chi connectivity index (χ3n) is 5.21. The number of halogens is 1. The molecule has 6 heteroatoms. The lowest BCUT2D eigenvalue weighted by atomic mass is 10.2. The van der Waals surface area contributed by atoms with E-state index >= 15 is 0 Å². The standard InChI is InChI=1S/C21H29FN4O/c1-14(2)25(15(3)4)13-12-23-21(27)20-16-8-7-11-18(16)26(24-20)19-10-6-5-9-17(19)22/h5-6,9-10,14-15H,7-8,11-13H2,1-4H3,(H,23,27). The zero-order valence-electron chi connectivity index (χ0n) is 16.6. The van der Waals surface area contributed by atoms with Crippen molar-refractivity contribution in [3.8, 4) is 5.69 Å². The number of aromatic nitrogens is 2. The van der Waals surface area contributed by atoms with Gasteiger partial charge in [-0.25, -0.2) is 9.07 Å². The summed E-state index contributed by atoms with van der Waals surface area (Å²) < 4.78 is 15.8. The van der Waals surface area contributed by atoms with Crippen molar-refractivity contribution in [2.75, 3.05) is 13.1 Å². The topological polar surface area (TPSA) is 50.2 Å². The van der Waals surface area contributed by atoms with Crippen LogP contribution in [0.4, 0.5) is 4.39 Å². The second kappa shape index (κ2) is 8.21. The molecule has 0 spiro atoms.